The summed E-state index contributed by atoms with van der Waals surface area (Å²) in [6.07, 6.45) is -2.45. The third kappa shape index (κ3) is 4.87. The smallest absolute Gasteiger partial charge is 0.393 e. The topological polar surface area (TPSA) is 61.4 Å². The fraction of sp³-hybridized carbons (Fsp3) is 0.588. The van der Waals surface area contributed by atoms with Crippen LogP contribution >= 0.6 is 0 Å². The number of hydrogen-bond acceptors (Lipinski definition) is 3. The molecule has 0 aliphatic heterocycles. The number of carbonyl (C=O) groups excluding carboxylic acids is 1. The number of alkyl halides is 3. The summed E-state index contributed by atoms with van der Waals surface area (Å²) in [5, 5.41) is 14.9. The first-order valence-electron chi connectivity index (χ1n) is 8.13. The zero-order valence-corrected chi connectivity index (χ0v) is 13.8. The van der Waals surface area contributed by atoms with Gasteiger partial charge in [0.2, 0.25) is 5.91 Å². The van der Waals surface area contributed by atoms with Gasteiger partial charge in [-0.1, -0.05) is 13.8 Å². The van der Waals surface area contributed by atoms with Crippen molar-refractivity contribution in [2.75, 3.05) is 10.6 Å². The van der Waals surface area contributed by atoms with Gasteiger partial charge in [0.15, 0.2) is 0 Å². The molecule has 1 fully saturated rings. The number of rotatable bonds is 4. The van der Waals surface area contributed by atoms with Gasteiger partial charge in [-0.25, -0.2) is 0 Å². The molecule has 1 saturated carbocycles. The molecule has 134 valence electrons. The molecule has 0 radical (unpaired) electrons. The normalized spacial score (nSPS) is 21.6. The lowest BCUT2D eigenvalue weighted by atomic mass is 9.92. The minimum atomic E-state index is -4.52. The molecule has 1 aromatic rings. The molecular formula is C17H23F3N2O2. The van der Waals surface area contributed by atoms with E-state index in [1.807, 2.05) is 0 Å². The van der Waals surface area contributed by atoms with Gasteiger partial charge in [0, 0.05) is 23.3 Å². The van der Waals surface area contributed by atoms with Gasteiger partial charge in [0.1, 0.15) is 0 Å². The van der Waals surface area contributed by atoms with E-state index < -0.39 is 11.7 Å². The molecular weight excluding hydrogens is 321 g/mol. The highest BCUT2D eigenvalue weighted by atomic mass is 19.4. The summed E-state index contributed by atoms with van der Waals surface area (Å²) < 4.78 is 40.0. The van der Waals surface area contributed by atoms with Gasteiger partial charge in [-0.2, -0.15) is 13.2 Å². The number of hydrogen-bond donors (Lipinski definition) is 3. The molecule has 1 amide bonds. The van der Waals surface area contributed by atoms with Gasteiger partial charge in [-0.15, -0.1) is 0 Å². The van der Waals surface area contributed by atoms with E-state index in [4.69, 9.17) is 0 Å². The predicted octanol–water partition coefficient (Wildman–Crippen LogP) is 4.02. The highest BCUT2D eigenvalue weighted by Gasteiger charge is 2.34. The van der Waals surface area contributed by atoms with Crippen LogP contribution in [0.1, 0.15) is 45.1 Å². The van der Waals surface area contributed by atoms with Gasteiger partial charge in [-0.05, 0) is 43.9 Å². The average Bonchev–Trinajstić information content (AvgIpc) is 2.49. The van der Waals surface area contributed by atoms with Crippen LogP contribution in [0.25, 0.3) is 0 Å². The number of benzene rings is 1. The Hall–Kier alpha value is -1.76. The minimum absolute atomic E-state index is 0.00596. The molecule has 1 aromatic carbocycles. The molecule has 0 aromatic heterocycles. The van der Waals surface area contributed by atoms with Crippen LogP contribution in [0.3, 0.4) is 0 Å². The molecule has 7 heteroatoms. The number of anilines is 2. The lowest BCUT2D eigenvalue weighted by molar-refractivity contribution is -0.137. The molecule has 0 atom stereocenters. The van der Waals surface area contributed by atoms with E-state index in [0.717, 1.165) is 6.07 Å². The van der Waals surface area contributed by atoms with Crippen LogP contribution in [0.4, 0.5) is 24.5 Å². The summed E-state index contributed by atoms with van der Waals surface area (Å²) in [5.41, 5.74) is -0.660. The van der Waals surface area contributed by atoms with Crippen LogP contribution in [0.2, 0.25) is 0 Å². The molecule has 0 unspecified atom stereocenters. The Morgan fingerprint density at radius 2 is 1.83 bits per heavy atom. The molecule has 1 aliphatic rings. The largest absolute Gasteiger partial charge is 0.418 e. The van der Waals surface area contributed by atoms with Crippen LogP contribution in [0, 0.1) is 5.92 Å². The Morgan fingerprint density at radius 3 is 2.38 bits per heavy atom. The van der Waals surface area contributed by atoms with Crippen molar-refractivity contribution in [3.63, 3.8) is 0 Å². The second-order valence-corrected chi connectivity index (χ2v) is 6.55. The standard InChI is InChI=1S/C17H23F3N2O2/c1-10(2)16(24)22-12-5-8-15(14(9-12)17(18,19)20)21-11-3-6-13(23)7-4-11/h5,8-11,13,21,23H,3-4,6-7H2,1-2H3,(H,22,24). The summed E-state index contributed by atoms with van der Waals surface area (Å²) >= 11 is 0. The van der Waals surface area contributed by atoms with Gasteiger partial charge >= 0.3 is 6.18 Å². The lowest BCUT2D eigenvalue weighted by Crippen LogP contribution is -2.29. The molecule has 0 heterocycles. The molecule has 24 heavy (non-hydrogen) atoms. The first-order chi connectivity index (χ1) is 11.2. The highest BCUT2D eigenvalue weighted by molar-refractivity contribution is 5.92. The Bertz CT molecular complexity index is 580. The Balaban J connectivity index is 2.19. The van der Waals surface area contributed by atoms with Crippen molar-refractivity contribution < 1.29 is 23.1 Å². The third-order valence-electron chi connectivity index (χ3n) is 4.17. The number of aliphatic hydroxyl groups excluding tert-OH is 1. The Morgan fingerprint density at radius 1 is 1.21 bits per heavy atom. The van der Waals surface area contributed by atoms with Crippen LogP contribution in [-0.2, 0) is 11.0 Å². The van der Waals surface area contributed by atoms with Gasteiger partial charge in [0.05, 0.1) is 11.7 Å². The zero-order chi connectivity index (χ0) is 17.9. The number of halogens is 3. The van der Waals surface area contributed by atoms with Crippen LogP contribution < -0.4 is 10.6 Å². The van der Waals surface area contributed by atoms with Crippen molar-refractivity contribution in [2.24, 2.45) is 5.92 Å². The number of aliphatic hydroxyl groups is 1. The number of amides is 1. The predicted molar refractivity (Wildman–Crippen MR) is 86.8 cm³/mol. The Kier molecular flexibility index (Phi) is 5.74. The first-order valence-corrected chi connectivity index (χ1v) is 8.13. The molecule has 1 aliphatic carbocycles. The summed E-state index contributed by atoms with van der Waals surface area (Å²) in [4.78, 5) is 11.7. The second-order valence-electron chi connectivity index (χ2n) is 6.55. The van der Waals surface area contributed by atoms with Gasteiger partial charge < -0.3 is 15.7 Å². The van der Waals surface area contributed by atoms with Gasteiger partial charge in [0.25, 0.3) is 0 Å². The maximum Gasteiger partial charge on any atom is 0.418 e. The van der Waals surface area contributed by atoms with Crippen molar-refractivity contribution in [3.05, 3.63) is 23.8 Å². The molecule has 4 nitrogen and oxygen atoms in total. The summed E-state index contributed by atoms with van der Waals surface area (Å²) in [6, 6.07) is 3.69. The third-order valence-corrected chi connectivity index (χ3v) is 4.17. The van der Waals surface area contributed by atoms with E-state index in [1.54, 1.807) is 13.8 Å². The molecule has 3 N–H and O–H groups in total. The van der Waals surface area contributed by atoms with Crippen LogP contribution in [0.15, 0.2) is 18.2 Å². The SMILES string of the molecule is CC(C)C(=O)Nc1ccc(NC2CCC(O)CC2)c(C(F)(F)F)c1. The van der Waals surface area contributed by atoms with E-state index in [-0.39, 0.29) is 35.3 Å². The lowest BCUT2D eigenvalue weighted by Gasteiger charge is -2.28. The van der Waals surface area contributed by atoms with Crippen molar-refractivity contribution in [1.82, 2.24) is 0 Å². The van der Waals surface area contributed by atoms with E-state index in [0.29, 0.717) is 25.7 Å². The fourth-order valence-corrected chi connectivity index (χ4v) is 2.71. The maximum absolute atomic E-state index is 13.3. The molecule has 0 spiro atoms. The zero-order valence-electron chi connectivity index (χ0n) is 13.8. The Labute approximate surface area is 139 Å². The monoisotopic (exact) mass is 344 g/mol. The summed E-state index contributed by atoms with van der Waals surface area (Å²) in [7, 11) is 0. The highest BCUT2D eigenvalue weighted by Crippen LogP contribution is 2.37. The fourth-order valence-electron chi connectivity index (χ4n) is 2.71. The molecule has 0 saturated heterocycles. The summed E-state index contributed by atoms with van der Waals surface area (Å²) in [5.74, 6) is -0.643. The van der Waals surface area contributed by atoms with Crippen LogP contribution in [0.5, 0.6) is 0 Å². The molecule has 0 bridgehead atoms. The molecule has 2 rings (SSSR count). The van der Waals surface area contributed by atoms with Gasteiger partial charge in [-0.3, -0.25) is 4.79 Å². The minimum Gasteiger partial charge on any atom is -0.393 e. The van der Waals surface area contributed by atoms with Crippen molar-refractivity contribution in [2.45, 2.75) is 57.9 Å². The van der Waals surface area contributed by atoms with E-state index in [2.05, 4.69) is 10.6 Å². The van der Waals surface area contributed by atoms with E-state index >= 15 is 0 Å². The van der Waals surface area contributed by atoms with E-state index in [9.17, 15) is 23.1 Å². The number of nitrogens with one attached hydrogen (secondary N) is 2. The number of carbonyl (C=O) groups is 1. The van der Waals surface area contributed by atoms with Crippen molar-refractivity contribution >= 4 is 17.3 Å². The van der Waals surface area contributed by atoms with Crippen molar-refractivity contribution in [3.8, 4) is 0 Å². The quantitative estimate of drug-likeness (QED) is 0.773. The maximum atomic E-state index is 13.3. The van der Waals surface area contributed by atoms with Crippen molar-refractivity contribution in [1.29, 1.82) is 0 Å². The first kappa shape index (κ1) is 18.6. The second kappa shape index (κ2) is 7.42. The average molecular weight is 344 g/mol. The summed E-state index contributed by atoms with van der Waals surface area (Å²) in [6.45, 7) is 3.35. The van der Waals surface area contributed by atoms with E-state index in [1.165, 1.54) is 12.1 Å². The van der Waals surface area contributed by atoms with Crippen LogP contribution in [-0.4, -0.2) is 23.2 Å².